The molecule has 0 aliphatic carbocycles. The molecule has 1 rings (SSSR count). The second kappa shape index (κ2) is 4.94. The molecule has 1 amide bonds. The summed E-state index contributed by atoms with van der Waals surface area (Å²) < 4.78 is 0. The van der Waals surface area contributed by atoms with Crippen LogP contribution in [0.4, 0.5) is 0 Å². The lowest BCUT2D eigenvalue weighted by atomic mass is 10.2. The zero-order valence-corrected chi connectivity index (χ0v) is 8.52. The molecular formula is C8H13N3OS. The fourth-order valence-electron chi connectivity index (χ4n) is 0.874. The van der Waals surface area contributed by atoms with Crippen molar-refractivity contribution < 1.29 is 4.79 Å². The van der Waals surface area contributed by atoms with Crippen molar-refractivity contribution >= 4 is 17.2 Å². The van der Waals surface area contributed by atoms with Gasteiger partial charge in [-0.25, -0.2) is 4.98 Å². The maximum Gasteiger partial charge on any atom is 0.233 e. The summed E-state index contributed by atoms with van der Waals surface area (Å²) in [5.41, 5.74) is 2.77. The summed E-state index contributed by atoms with van der Waals surface area (Å²) in [6.07, 6.45) is 0. The number of hydrogen-bond donors (Lipinski definition) is 2. The zero-order valence-electron chi connectivity index (χ0n) is 7.70. The highest BCUT2D eigenvalue weighted by atomic mass is 32.1. The van der Waals surface area contributed by atoms with E-state index in [9.17, 15) is 4.79 Å². The van der Waals surface area contributed by atoms with Gasteiger partial charge in [-0.3, -0.25) is 4.79 Å². The lowest BCUT2D eigenvalue weighted by Gasteiger charge is -2.09. The summed E-state index contributed by atoms with van der Waals surface area (Å²) >= 11 is 1.56. The molecule has 1 aromatic heterocycles. The monoisotopic (exact) mass is 199 g/mol. The SMILES string of the molecule is CNC(=O)CNC(C)c1cscn1. The summed E-state index contributed by atoms with van der Waals surface area (Å²) in [6, 6.07) is 0.128. The molecule has 0 saturated heterocycles. The van der Waals surface area contributed by atoms with Crippen LogP contribution in [0.15, 0.2) is 10.9 Å². The predicted molar refractivity (Wildman–Crippen MR) is 52.6 cm³/mol. The molecule has 0 spiro atoms. The average Bonchev–Trinajstić information content (AvgIpc) is 2.66. The molecule has 0 aromatic carbocycles. The van der Waals surface area contributed by atoms with E-state index < -0.39 is 0 Å². The van der Waals surface area contributed by atoms with Gasteiger partial charge in [0, 0.05) is 18.5 Å². The Balaban J connectivity index is 2.34. The van der Waals surface area contributed by atoms with Crippen LogP contribution < -0.4 is 10.6 Å². The Bertz CT molecular complexity index is 260. The second-order valence-corrected chi connectivity index (χ2v) is 3.41. The number of carbonyl (C=O) groups excluding carboxylic acids is 1. The Morgan fingerprint density at radius 2 is 2.54 bits per heavy atom. The smallest absolute Gasteiger partial charge is 0.233 e. The van der Waals surface area contributed by atoms with E-state index >= 15 is 0 Å². The molecule has 0 aliphatic heterocycles. The van der Waals surface area contributed by atoms with Crippen molar-refractivity contribution in [1.82, 2.24) is 15.6 Å². The van der Waals surface area contributed by atoms with Gasteiger partial charge in [-0.15, -0.1) is 11.3 Å². The summed E-state index contributed by atoms with van der Waals surface area (Å²) in [5.74, 6) is -0.0120. The highest BCUT2D eigenvalue weighted by molar-refractivity contribution is 7.07. The number of nitrogens with one attached hydrogen (secondary N) is 2. The van der Waals surface area contributed by atoms with Crippen molar-refractivity contribution in [1.29, 1.82) is 0 Å². The number of aromatic nitrogens is 1. The van der Waals surface area contributed by atoms with Gasteiger partial charge in [0.1, 0.15) is 0 Å². The van der Waals surface area contributed by atoms with Crippen LogP contribution in [0.3, 0.4) is 0 Å². The predicted octanol–water partition coefficient (Wildman–Crippen LogP) is 0.540. The molecule has 2 N–H and O–H groups in total. The summed E-state index contributed by atoms with van der Waals surface area (Å²) in [4.78, 5) is 15.0. The molecule has 0 radical (unpaired) electrons. The molecular weight excluding hydrogens is 186 g/mol. The van der Waals surface area contributed by atoms with Crippen LogP contribution in [0.1, 0.15) is 18.7 Å². The molecule has 5 heteroatoms. The Hall–Kier alpha value is -0.940. The van der Waals surface area contributed by atoms with Crippen molar-refractivity contribution in [2.45, 2.75) is 13.0 Å². The first-order valence-corrected chi connectivity index (χ1v) is 5.00. The van der Waals surface area contributed by atoms with Gasteiger partial charge in [0.05, 0.1) is 17.7 Å². The zero-order chi connectivity index (χ0) is 9.68. The van der Waals surface area contributed by atoms with Crippen molar-refractivity contribution in [3.63, 3.8) is 0 Å². The van der Waals surface area contributed by atoms with Gasteiger partial charge in [0.15, 0.2) is 0 Å². The van der Waals surface area contributed by atoms with Crippen LogP contribution in [0.25, 0.3) is 0 Å². The molecule has 0 aliphatic rings. The van der Waals surface area contributed by atoms with E-state index in [2.05, 4.69) is 15.6 Å². The van der Waals surface area contributed by atoms with Gasteiger partial charge in [0.2, 0.25) is 5.91 Å². The van der Waals surface area contributed by atoms with Gasteiger partial charge in [-0.1, -0.05) is 0 Å². The number of carbonyl (C=O) groups is 1. The van der Waals surface area contributed by atoms with E-state index in [4.69, 9.17) is 0 Å². The third-order valence-electron chi connectivity index (χ3n) is 1.74. The molecule has 13 heavy (non-hydrogen) atoms. The summed E-state index contributed by atoms with van der Waals surface area (Å²) in [5, 5.41) is 7.59. The minimum atomic E-state index is -0.0120. The van der Waals surface area contributed by atoms with Crippen molar-refractivity contribution in [3.8, 4) is 0 Å². The van der Waals surface area contributed by atoms with Crippen LogP contribution in [-0.2, 0) is 4.79 Å². The Morgan fingerprint density at radius 1 is 1.77 bits per heavy atom. The first-order chi connectivity index (χ1) is 6.24. The number of nitrogens with zero attached hydrogens (tertiary/aromatic N) is 1. The first kappa shape index (κ1) is 10.1. The highest BCUT2D eigenvalue weighted by Crippen LogP contribution is 2.10. The van der Waals surface area contributed by atoms with Crippen LogP contribution in [0.5, 0.6) is 0 Å². The van der Waals surface area contributed by atoms with E-state index in [1.54, 1.807) is 23.9 Å². The van der Waals surface area contributed by atoms with Gasteiger partial charge in [0.25, 0.3) is 0 Å². The first-order valence-electron chi connectivity index (χ1n) is 4.06. The molecule has 72 valence electrons. The number of hydrogen-bond acceptors (Lipinski definition) is 4. The van der Waals surface area contributed by atoms with Crippen LogP contribution in [0, 0.1) is 0 Å². The fraction of sp³-hybridized carbons (Fsp3) is 0.500. The highest BCUT2D eigenvalue weighted by Gasteiger charge is 2.07. The van der Waals surface area contributed by atoms with E-state index in [1.165, 1.54) is 0 Å². The summed E-state index contributed by atoms with van der Waals surface area (Å²) in [7, 11) is 1.62. The van der Waals surface area contributed by atoms with Crippen LogP contribution in [-0.4, -0.2) is 24.5 Å². The number of likely N-dealkylation sites (N-methyl/N-ethyl adjacent to an activating group) is 1. The molecule has 1 atom stereocenters. The molecule has 1 heterocycles. The van der Waals surface area contributed by atoms with E-state index in [0.29, 0.717) is 6.54 Å². The van der Waals surface area contributed by atoms with Gasteiger partial charge >= 0.3 is 0 Å². The maximum atomic E-state index is 10.9. The molecule has 0 saturated carbocycles. The maximum absolute atomic E-state index is 10.9. The lowest BCUT2D eigenvalue weighted by molar-refractivity contribution is -0.119. The molecule has 4 nitrogen and oxygen atoms in total. The molecule has 0 bridgehead atoms. The minimum absolute atomic E-state index is 0.0120. The Labute approximate surface area is 81.4 Å². The normalized spacial score (nSPS) is 12.5. The number of amides is 1. The second-order valence-electron chi connectivity index (χ2n) is 2.69. The molecule has 0 fully saturated rings. The van der Waals surface area contributed by atoms with Crippen LogP contribution in [0.2, 0.25) is 0 Å². The summed E-state index contributed by atoms with van der Waals surface area (Å²) in [6.45, 7) is 2.31. The van der Waals surface area contributed by atoms with Crippen LogP contribution >= 0.6 is 11.3 Å². The molecule has 1 unspecified atom stereocenters. The van der Waals surface area contributed by atoms with Crippen molar-refractivity contribution in [2.24, 2.45) is 0 Å². The largest absolute Gasteiger partial charge is 0.358 e. The van der Waals surface area contributed by atoms with E-state index in [-0.39, 0.29) is 11.9 Å². The van der Waals surface area contributed by atoms with Crippen molar-refractivity contribution in [3.05, 3.63) is 16.6 Å². The minimum Gasteiger partial charge on any atom is -0.358 e. The third-order valence-corrected chi connectivity index (χ3v) is 2.35. The van der Waals surface area contributed by atoms with Gasteiger partial charge in [-0.05, 0) is 6.92 Å². The number of thiazole rings is 1. The number of rotatable bonds is 4. The van der Waals surface area contributed by atoms with Gasteiger partial charge in [-0.2, -0.15) is 0 Å². The third kappa shape index (κ3) is 3.12. The molecule has 1 aromatic rings. The van der Waals surface area contributed by atoms with E-state index in [1.807, 2.05) is 12.3 Å². The topological polar surface area (TPSA) is 54.0 Å². The van der Waals surface area contributed by atoms with Gasteiger partial charge < -0.3 is 10.6 Å². The average molecular weight is 199 g/mol. The fourth-order valence-corrected chi connectivity index (χ4v) is 1.52. The Morgan fingerprint density at radius 3 is 3.08 bits per heavy atom. The quantitative estimate of drug-likeness (QED) is 0.744. The lowest BCUT2D eigenvalue weighted by Crippen LogP contribution is -2.32. The van der Waals surface area contributed by atoms with E-state index in [0.717, 1.165) is 5.69 Å². The van der Waals surface area contributed by atoms with Crippen molar-refractivity contribution in [2.75, 3.05) is 13.6 Å². The standard InChI is InChI=1S/C8H13N3OS/c1-6(7-4-13-5-11-7)10-3-8(12)9-2/h4-6,10H,3H2,1-2H3,(H,9,12). The Kier molecular flexibility index (Phi) is 3.85.